The van der Waals surface area contributed by atoms with Gasteiger partial charge in [0.1, 0.15) is 0 Å². The lowest BCUT2D eigenvalue weighted by atomic mass is 10.0. The molecule has 0 aliphatic rings. The third kappa shape index (κ3) is 5.17. The predicted octanol–water partition coefficient (Wildman–Crippen LogP) is 12.3. The molecule has 5 heteroatoms. The van der Waals surface area contributed by atoms with Crippen molar-refractivity contribution in [3.8, 4) is 34.2 Å². The molecule has 5 nitrogen and oxygen atoms in total. The number of fused-ring (bicyclic) bond motifs is 4. The summed E-state index contributed by atoms with van der Waals surface area (Å²) in [6, 6.07) is 70.5. The van der Waals surface area contributed by atoms with E-state index in [4.69, 9.17) is 10.2 Å². The summed E-state index contributed by atoms with van der Waals surface area (Å²) in [4.78, 5) is 2.35. The zero-order valence-electron chi connectivity index (χ0n) is 28.8. The van der Waals surface area contributed by atoms with Crippen molar-refractivity contribution < 1.29 is 0 Å². The Hall–Kier alpha value is -7.24. The van der Waals surface area contributed by atoms with E-state index in [1.165, 1.54) is 27.2 Å². The molecule has 10 aromatic rings. The smallest absolute Gasteiger partial charge is 0.168 e. The fourth-order valence-corrected chi connectivity index (χ4v) is 7.67. The molecule has 0 unspecified atom stereocenters. The third-order valence-electron chi connectivity index (χ3n) is 10.0. The van der Waals surface area contributed by atoms with E-state index in [1.807, 2.05) is 36.4 Å². The molecule has 0 aliphatic carbocycles. The van der Waals surface area contributed by atoms with Crippen LogP contribution in [-0.2, 0) is 0 Å². The highest BCUT2D eigenvalue weighted by atomic mass is 15.3. The van der Waals surface area contributed by atoms with Crippen molar-refractivity contribution >= 4 is 49.6 Å². The van der Waals surface area contributed by atoms with Crippen molar-refractivity contribution in [2.45, 2.75) is 0 Å². The lowest BCUT2D eigenvalue weighted by Gasteiger charge is -2.28. The largest absolute Gasteiger partial charge is 0.310 e. The van der Waals surface area contributed by atoms with E-state index in [9.17, 15) is 0 Å². The van der Waals surface area contributed by atoms with Crippen LogP contribution in [0, 0.1) is 0 Å². The van der Waals surface area contributed by atoms with Gasteiger partial charge in [-0.3, -0.25) is 4.57 Å². The van der Waals surface area contributed by atoms with Crippen LogP contribution in [0.2, 0.25) is 0 Å². The van der Waals surface area contributed by atoms with Crippen LogP contribution in [0.25, 0.3) is 66.7 Å². The lowest BCUT2D eigenvalue weighted by Crippen LogP contribution is -2.11. The molecule has 0 radical (unpaired) electrons. The van der Waals surface area contributed by atoms with Crippen molar-refractivity contribution in [1.29, 1.82) is 0 Å². The SMILES string of the molecule is c1ccc(-c2nnc(-c3ccc(N(c4ccccc4)c4ccc(-n5c6ccccc6c6ccccc65)c5ccccc45)cc3)n2-c2ccccc2)cc1. The number of hydrogen-bond donors (Lipinski definition) is 0. The van der Waals surface area contributed by atoms with Crippen LogP contribution in [0.3, 0.4) is 0 Å². The number of nitrogens with zero attached hydrogens (tertiary/aromatic N) is 5. The van der Waals surface area contributed by atoms with E-state index >= 15 is 0 Å². The molecule has 0 atom stereocenters. The summed E-state index contributed by atoms with van der Waals surface area (Å²) in [6.45, 7) is 0. The number of anilines is 3. The van der Waals surface area contributed by atoms with Gasteiger partial charge in [0, 0.05) is 49.7 Å². The summed E-state index contributed by atoms with van der Waals surface area (Å²) in [5, 5.41) is 14.3. The minimum Gasteiger partial charge on any atom is -0.310 e. The maximum absolute atomic E-state index is 4.75. The van der Waals surface area contributed by atoms with Gasteiger partial charge in [-0.1, -0.05) is 127 Å². The van der Waals surface area contributed by atoms with Gasteiger partial charge in [-0.25, -0.2) is 0 Å². The van der Waals surface area contributed by atoms with Crippen LogP contribution in [0.5, 0.6) is 0 Å². The molecule has 0 fully saturated rings. The van der Waals surface area contributed by atoms with E-state index in [1.54, 1.807) is 0 Å². The fourth-order valence-electron chi connectivity index (χ4n) is 7.67. The summed E-state index contributed by atoms with van der Waals surface area (Å²) < 4.78 is 4.55. The highest BCUT2D eigenvalue weighted by molar-refractivity contribution is 6.11. The minimum atomic E-state index is 0.786. The van der Waals surface area contributed by atoms with Crippen LogP contribution in [0.15, 0.2) is 200 Å². The normalized spacial score (nSPS) is 11.4. The molecule has 0 saturated carbocycles. The van der Waals surface area contributed by atoms with Gasteiger partial charge < -0.3 is 9.47 Å². The molecule has 10 rings (SSSR count). The first kappa shape index (κ1) is 30.6. The predicted molar refractivity (Wildman–Crippen MR) is 219 cm³/mol. The number of aromatic nitrogens is 4. The zero-order valence-corrected chi connectivity index (χ0v) is 28.8. The van der Waals surface area contributed by atoms with Gasteiger partial charge in [0.15, 0.2) is 11.6 Å². The van der Waals surface area contributed by atoms with Gasteiger partial charge >= 0.3 is 0 Å². The second kappa shape index (κ2) is 12.8. The van der Waals surface area contributed by atoms with Gasteiger partial charge in [-0.05, 0) is 72.8 Å². The molecule has 0 spiro atoms. The Morgan fingerprint density at radius 1 is 0.340 bits per heavy atom. The molecule has 0 aliphatic heterocycles. The van der Waals surface area contributed by atoms with Crippen LogP contribution >= 0.6 is 0 Å². The van der Waals surface area contributed by atoms with E-state index in [2.05, 4.69) is 178 Å². The van der Waals surface area contributed by atoms with Gasteiger partial charge in [0.25, 0.3) is 0 Å². The monoisotopic (exact) mass is 679 g/mol. The molecular weight excluding hydrogens is 647 g/mol. The number of rotatable bonds is 7. The van der Waals surface area contributed by atoms with Crippen molar-refractivity contribution in [2.24, 2.45) is 0 Å². The Morgan fingerprint density at radius 2 is 0.811 bits per heavy atom. The quantitative estimate of drug-likeness (QED) is 0.168. The molecule has 2 heterocycles. The van der Waals surface area contributed by atoms with Crippen molar-refractivity contribution in [1.82, 2.24) is 19.3 Å². The van der Waals surface area contributed by atoms with Crippen LogP contribution in [0.1, 0.15) is 0 Å². The van der Waals surface area contributed by atoms with Gasteiger partial charge in [0.05, 0.1) is 22.4 Å². The molecule has 0 bridgehead atoms. The molecule has 2 aromatic heterocycles. The fraction of sp³-hybridized carbons (Fsp3) is 0. The summed E-state index contributed by atoms with van der Waals surface area (Å²) in [6.07, 6.45) is 0. The second-order valence-electron chi connectivity index (χ2n) is 13.1. The average Bonchev–Trinajstić information content (AvgIpc) is 3.83. The first-order valence-electron chi connectivity index (χ1n) is 17.9. The average molecular weight is 680 g/mol. The maximum atomic E-state index is 4.75. The van der Waals surface area contributed by atoms with Gasteiger partial charge in [-0.15, -0.1) is 10.2 Å². The Kier molecular flexibility index (Phi) is 7.40. The molecule has 250 valence electrons. The van der Waals surface area contributed by atoms with Crippen LogP contribution in [0.4, 0.5) is 17.1 Å². The van der Waals surface area contributed by atoms with Crippen LogP contribution < -0.4 is 4.90 Å². The molecule has 8 aromatic carbocycles. The maximum Gasteiger partial charge on any atom is 0.168 e. The van der Waals surface area contributed by atoms with Crippen molar-refractivity contribution in [2.75, 3.05) is 4.90 Å². The molecule has 0 saturated heterocycles. The molecule has 0 N–H and O–H groups in total. The van der Waals surface area contributed by atoms with Gasteiger partial charge in [-0.2, -0.15) is 0 Å². The van der Waals surface area contributed by atoms with E-state index in [0.717, 1.165) is 56.6 Å². The van der Waals surface area contributed by atoms with Crippen molar-refractivity contribution in [3.63, 3.8) is 0 Å². The molecule has 53 heavy (non-hydrogen) atoms. The zero-order chi connectivity index (χ0) is 35.1. The Labute approximate surface area is 307 Å². The lowest BCUT2D eigenvalue weighted by molar-refractivity contribution is 1.07. The van der Waals surface area contributed by atoms with Crippen LogP contribution in [-0.4, -0.2) is 19.3 Å². The van der Waals surface area contributed by atoms with E-state index < -0.39 is 0 Å². The number of benzene rings is 8. The standard InChI is InChI=1S/C48H33N5/c1-4-16-34(17-5-1)47-49-50-48(52(47)37-20-8-3-9-21-37)35-28-30-38(31-29-35)51(36-18-6-2-7-19-36)45-32-33-46(42-23-11-10-22-41(42)45)53-43-26-14-12-24-39(43)40-25-13-15-27-44(40)53/h1-33H. The van der Waals surface area contributed by atoms with E-state index in [-0.39, 0.29) is 0 Å². The summed E-state index contributed by atoms with van der Waals surface area (Å²) in [5.41, 5.74) is 9.77. The minimum absolute atomic E-state index is 0.786. The summed E-state index contributed by atoms with van der Waals surface area (Å²) >= 11 is 0. The molecule has 0 amide bonds. The third-order valence-corrected chi connectivity index (χ3v) is 10.0. The first-order valence-corrected chi connectivity index (χ1v) is 17.9. The summed E-state index contributed by atoms with van der Waals surface area (Å²) in [5.74, 6) is 1.59. The second-order valence-corrected chi connectivity index (χ2v) is 13.1. The Bertz CT molecular complexity index is 2820. The topological polar surface area (TPSA) is 38.9 Å². The van der Waals surface area contributed by atoms with Gasteiger partial charge in [0.2, 0.25) is 0 Å². The molecular formula is C48H33N5. The Balaban J connectivity index is 1.13. The Morgan fingerprint density at radius 3 is 1.43 bits per heavy atom. The number of hydrogen-bond acceptors (Lipinski definition) is 3. The van der Waals surface area contributed by atoms with Crippen molar-refractivity contribution in [3.05, 3.63) is 200 Å². The first-order chi connectivity index (χ1) is 26.3. The highest BCUT2D eigenvalue weighted by Crippen LogP contribution is 2.43. The van der Waals surface area contributed by atoms with E-state index in [0.29, 0.717) is 0 Å². The highest BCUT2D eigenvalue weighted by Gasteiger charge is 2.21. The summed E-state index contributed by atoms with van der Waals surface area (Å²) in [7, 11) is 0. The number of para-hydroxylation sites is 4.